The SMILES string of the molecule is Cc1cccc(Nc2ccc(N)cc2C(N)=O)c1Br. The maximum Gasteiger partial charge on any atom is 0.250 e. The van der Waals surface area contributed by atoms with Crippen LogP contribution < -0.4 is 16.8 Å². The second kappa shape index (κ2) is 5.32. The summed E-state index contributed by atoms with van der Waals surface area (Å²) in [5, 5.41) is 3.19. The van der Waals surface area contributed by atoms with Crippen molar-refractivity contribution in [3.63, 3.8) is 0 Å². The third kappa shape index (κ3) is 2.88. The lowest BCUT2D eigenvalue weighted by Crippen LogP contribution is -2.13. The molecule has 19 heavy (non-hydrogen) atoms. The van der Waals surface area contributed by atoms with Crippen LogP contribution in [0.3, 0.4) is 0 Å². The lowest BCUT2D eigenvalue weighted by atomic mass is 10.1. The van der Waals surface area contributed by atoms with Crippen molar-refractivity contribution in [1.82, 2.24) is 0 Å². The first-order chi connectivity index (χ1) is 8.99. The van der Waals surface area contributed by atoms with Crippen LogP contribution >= 0.6 is 15.9 Å². The van der Waals surface area contributed by atoms with E-state index in [9.17, 15) is 4.79 Å². The predicted molar refractivity (Wildman–Crippen MR) is 81.5 cm³/mol. The van der Waals surface area contributed by atoms with Crippen molar-refractivity contribution in [2.24, 2.45) is 5.73 Å². The number of nitrogen functional groups attached to an aromatic ring is 1. The predicted octanol–water partition coefficient (Wildman–Crippen LogP) is 3.18. The van der Waals surface area contributed by atoms with Gasteiger partial charge in [-0.25, -0.2) is 0 Å². The molecule has 0 aromatic heterocycles. The normalized spacial score (nSPS) is 10.2. The molecule has 2 rings (SSSR count). The van der Waals surface area contributed by atoms with E-state index in [1.165, 1.54) is 0 Å². The number of hydrogen-bond acceptors (Lipinski definition) is 3. The van der Waals surface area contributed by atoms with Gasteiger partial charge in [-0.2, -0.15) is 0 Å². The highest BCUT2D eigenvalue weighted by Gasteiger charge is 2.10. The molecule has 0 aliphatic carbocycles. The molecule has 0 atom stereocenters. The lowest BCUT2D eigenvalue weighted by molar-refractivity contribution is 0.100. The van der Waals surface area contributed by atoms with Crippen LogP contribution in [0.4, 0.5) is 17.1 Å². The Bertz CT molecular complexity index is 641. The van der Waals surface area contributed by atoms with Gasteiger partial charge in [0.2, 0.25) is 0 Å². The smallest absolute Gasteiger partial charge is 0.250 e. The highest BCUT2D eigenvalue weighted by atomic mass is 79.9. The van der Waals surface area contributed by atoms with Crippen molar-refractivity contribution in [2.75, 3.05) is 11.1 Å². The number of anilines is 3. The summed E-state index contributed by atoms with van der Waals surface area (Å²) in [6, 6.07) is 10.9. The summed E-state index contributed by atoms with van der Waals surface area (Å²) in [4.78, 5) is 11.4. The fourth-order valence-electron chi connectivity index (χ4n) is 1.76. The van der Waals surface area contributed by atoms with Gasteiger partial charge in [0, 0.05) is 10.2 Å². The molecule has 0 spiro atoms. The van der Waals surface area contributed by atoms with Crippen LogP contribution in [0.25, 0.3) is 0 Å². The molecule has 0 fully saturated rings. The maximum absolute atomic E-state index is 11.4. The molecule has 5 N–H and O–H groups in total. The van der Waals surface area contributed by atoms with Crippen molar-refractivity contribution in [3.8, 4) is 0 Å². The zero-order valence-corrected chi connectivity index (χ0v) is 12.0. The Morgan fingerprint density at radius 1 is 1.21 bits per heavy atom. The van der Waals surface area contributed by atoms with Crippen LogP contribution in [-0.2, 0) is 0 Å². The fraction of sp³-hybridized carbons (Fsp3) is 0.0714. The van der Waals surface area contributed by atoms with E-state index < -0.39 is 5.91 Å². The van der Waals surface area contributed by atoms with Gasteiger partial charge >= 0.3 is 0 Å². The molecule has 2 aromatic rings. The van der Waals surface area contributed by atoms with Gasteiger partial charge < -0.3 is 16.8 Å². The summed E-state index contributed by atoms with van der Waals surface area (Å²) in [5.41, 5.74) is 14.5. The first kappa shape index (κ1) is 13.4. The van der Waals surface area contributed by atoms with Crippen LogP contribution in [0.1, 0.15) is 15.9 Å². The number of benzene rings is 2. The molecule has 98 valence electrons. The van der Waals surface area contributed by atoms with Crippen molar-refractivity contribution >= 4 is 38.9 Å². The Morgan fingerprint density at radius 3 is 2.63 bits per heavy atom. The number of primary amides is 1. The first-order valence-corrected chi connectivity index (χ1v) is 6.50. The fourth-order valence-corrected chi connectivity index (χ4v) is 2.13. The molecular formula is C14H14BrN3O. The molecule has 0 aliphatic rings. The van der Waals surface area contributed by atoms with E-state index in [1.54, 1.807) is 18.2 Å². The Hall–Kier alpha value is -2.01. The number of nitrogens with one attached hydrogen (secondary N) is 1. The van der Waals surface area contributed by atoms with Crippen molar-refractivity contribution < 1.29 is 4.79 Å². The standard InChI is InChI=1S/C14H14BrN3O/c1-8-3-2-4-12(13(8)15)18-11-6-5-9(16)7-10(11)14(17)19/h2-7,18H,16H2,1H3,(H2,17,19). The average molecular weight is 320 g/mol. The third-order valence-corrected chi connectivity index (χ3v) is 3.82. The van der Waals surface area contributed by atoms with E-state index >= 15 is 0 Å². The van der Waals surface area contributed by atoms with Gasteiger partial charge in [0.25, 0.3) is 5.91 Å². The quantitative estimate of drug-likeness (QED) is 0.760. The van der Waals surface area contributed by atoms with E-state index in [0.29, 0.717) is 16.9 Å². The minimum absolute atomic E-state index is 0.369. The summed E-state index contributed by atoms with van der Waals surface area (Å²) in [6.45, 7) is 1.99. The van der Waals surface area contributed by atoms with Crippen LogP contribution in [0.2, 0.25) is 0 Å². The number of nitrogens with two attached hydrogens (primary N) is 2. The molecule has 0 aliphatic heterocycles. The van der Waals surface area contributed by atoms with Gasteiger partial charge in [-0.05, 0) is 52.7 Å². The first-order valence-electron chi connectivity index (χ1n) is 5.70. The topological polar surface area (TPSA) is 81.1 Å². The van der Waals surface area contributed by atoms with Crippen molar-refractivity contribution in [1.29, 1.82) is 0 Å². The van der Waals surface area contributed by atoms with Crippen LogP contribution in [0.5, 0.6) is 0 Å². The number of rotatable bonds is 3. The second-order valence-corrected chi connectivity index (χ2v) is 5.02. The Labute approximate surface area is 119 Å². The molecule has 0 radical (unpaired) electrons. The van der Waals surface area contributed by atoms with Crippen LogP contribution in [0, 0.1) is 6.92 Å². The summed E-state index contributed by atoms with van der Waals surface area (Å²) in [5.74, 6) is -0.515. The number of carbonyl (C=O) groups excluding carboxylic acids is 1. The summed E-state index contributed by atoms with van der Waals surface area (Å²) >= 11 is 3.51. The Balaban J connectivity index is 2.44. The Morgan fingerprint density at radius 2 is 1.95 bits per heavy atom. The van der Waals surface area contributed by atoms with Gasteiger partial charge in [0.15, 0.2) is 0 Å². The summed E-state index contributed by atoms with van der Waals surface area (Å²) in [7, 11) is 0. The average Bonchev–Trinajstić information content (AvgIpc) is 2.36. The third-order valence-electron chi connectivity index (χ3n) is 2.77. The molecular weight excluding hydrogens is 306 g/mol. The monoisotopic (exact) mass is 319 g/mol. The molecule has 1 amide bonds. The van der Waals surface area contributed by atoms with Gasteiger partial charge in [-0.1, -0.05) is 12.1 Å². The number of aryl methyl sites for hydroxylation is 1. The number of carbonyl (C=O) groups is 1. The van der Waals surface area contributed by atoms with E-state index in [0.717, 1.165) is 15.7 Å². The molecule has 4 nitrogen and oxygen atoms in total. The molecule has 0 saturated carbocycles. The summed E-state index contributed by atoms with van der Waals surface area (Å²) in [6.07, 6.45) is 0. The lowest BCUT2D eigenvalue weighted by Gasteiger charge is -2.13. The van der Waals surface area contributed by atoms with Crippen molar-refractivity contribution in [3.05, 3.63) is 52.0 Å². The molecule has 5 heteroatoms. The van der Waals surface area contributed by atoms with Crippen LogP contribution in [-0.4, -0.2) is 5.91 Å². The van der Waals surface area contributed by atoms with E-state index in [1.807, 2.05) is 25.1 Å². The largest absolute Gasteiger partial charge is 0.399 e. The zero-order chi connectivity index (χ0) is 14.0. The maximum atomic E-state index is 11.4. The number of hydrogen-bond donors (Lipinski definition) is 3. The minimum atomic E-state index is -0.515. The molecule has 0 bridgehead atoms. The van der Waals surface area contributed by atoms with Gasteiger partial charge in [0.05, 0.1) is 16.9 Å². The van der Waals surface area contributed by atoms with Gasteiger partial charge in [-0.15, -0.1) is 0 Å². The van der Waals surface area contributed by atoms with Crippen molar-refractivity contribution in [2.45, 2.75) is 6.92 Å². The molecule has 0 unspecified atom stereocenters. The van der Waals surface area contributed by atoms with E-state index in [2.05, 4.69) is 21.2 Å². The molecule has 0 saturated heterocycles. The number of halogens is 1. The highest BCUT2D eigenvalue weighted by Crippen LogP contribution is 2.30. The van der Waals surface area contributed by atoms with Gasteiger partial charge in [0.1, 0.15) is 0 Å². The Kier molecular flexibility index (Phi) is 3.76. The molecule has 0 heterocycles. The minimum Gasteiger partial charge on any atom is -0.399 e. The zero-order valence-electron chi connectivity index (χ0n) is 10.4. The summed E-state index contributed by atoms with van der Waals surface area (Å²) < 4.78 is 0.947. The highest BCUT2D eigenvalue weighted by molar-refractivity contribution is 9.10. The second-order valence-electron chi connectivity index (χ2n) is 4.23. The number of amides is 1. The molecule has 2 aromatic carbocycles. The van der Waals surface area contributed by atoms with Gasteiger partial charge in [-0.3, -0.25) is 4.79 Å². The van der Waals surface area contributed by atoms with Crippen LogP contribution in [0.15, 0.2) is 40.9 Å². The van der Waals surface area contributed by atoms with E-state index in [-0.39, 0.29) is 0 Å². The van der Waals surface area contributed by atoms with E-state index in [4.69, 9.17) is 11.5 Å².